The van der Waals surface area contributed by atoms with Gasteiger partial charge in [-0.1, -0.05) is 30.3 Å². The van der Waals surface area contributed by atoms with Gasteiger partial charge in [0.05, 0.1) is 11.3 Å². The van der Waals surface area contributed by atoms with E-state index in [-0.39, 0.29) is 0 Å². The molecule has 94 valence electrons. The molecule has 4 N–H and O–H groups in total. The summed E-state index contributed by atoms with van der Waals surface area (Å²) in [6.45, 7) is 0. The monoisotopic (exact) mass is 251 g/mol. The topological polar surface area (TPSA) is 79.6 Å². The number of nitrogen functional groups attached to an aromatic ring is 1. The first-order valence-electron chi connectivity index (χ1n) is 5.91. The fourth-order valence-electron chi connectivity index (χ4n) is 2.06. The van der Waals surface area contributed by atoms with Crippen molar-refractivity contribution in [1.82, 2.24) is 15.2 Å². The zero-order valence-electron chi connectivity index (χ0n) is 10.2. The Bertz CT molecular complexity index is 661. The van der Waals surface area contributed by atoms with Crippen LogP contribution in [0.2, 0.25) is 0 Å². The van der Waals surface area contributed by atoms with Crippen molar-refractivity contribution in [3.8, 4) is 22.4 Å². The molecular weight excluding hydrogens is 238 g/mol. The van der Waals surface area contributed by atoms with Crippen molar-refractivity contribution in [1.29, 1.82) is 0 Å². The molecule has 3 aromatic rings. The average molecular weight is 251 g/mol. The quantitative estimate of drug-likeness (QED) is 0.493. The molecule has 2 aromatic heterocycles. The van der Waals surface area contributed by atoms with Crippen LogP contribution >= 0.6 is 0 Å². The summed E-state index contributed by atoms with van der Waals surface area (Å²) < 4.78 is 0. The van der Waals surface area contributed by atoms with Crippen LogP contribution in [0.25, 0.3) is 22.4 Å². The van der Waals surface area contributed by atoms with E-state index in [4.69, 9.17) is 5.84 Å². The molecule has 0 aliphatic heterocycles. The van der Waals surface area contributed by atoms with Gasteiger partial charge in [0.15, 0.2) is 5.82 Å². The van der Waals surface area contributed by atoms with Crippen molar-refractivity contribution in [3.05, 3.63) is 54.9 Å². The second-order valence-electron chi connectivity index (χ2n) is 4.07. The van der Waals surface area contributed by atoms with Crippen LogP contribution in [0.1, 0.15) is 0 Å². The first kappa shape index (κ1) is 11.4. The predicted molar refractivity (Wildman–Crippen MR) is 75.1 cm³/mol. The maximum atomic E-state index is 5.53. The Kier molecular flexibility index (Phi) is 2.96. The molecule has 0 radical (unpaired) electrons. The third-order valence-electron chi connectivity index (χ3n) is 2.93. The maximum Gasteiger partial charge on any atom is 0.170 e. The highest BCUT2D eigenvalue weighted by atomic mass is 15.3. The molecule has 0 saturated heterocycles. The SMILES string of the molecule is NNc1n[nH]c(-c2ccncc2)c1-c1ccccc1. The van der Waals surface area contributed by atoms with Gasteiger partial charge in [0, 0.05) is 18.0 Å². The fourth-order valence-corrected chi connectivity index (χ4v) is 2.06. The number of aromatic amines is 1. The van der Waals surface area contributed by atoms with E-state index in [1.165, 1.54) is 0 Å². The highest BCUT2D eigenvalue weighted by molar-refractivity contribution is 5.88. The highest BCUT2D eigenvalue weighted by Crippen LogP contribution is 2.35. The van der Waals surface area contributed by atoms with E-state index in [1.807, 2.05) is 42.5 Å². The van der Waals surface area contributed by atoms with Crippen molar-refractivity contribution in [2.75, 3.05) is 5.43 Å². The van der Waals surface area contributed by atoms with Gasteiger partial charge in [-0.25, -0.2) is 5.84 Å². The largest absolute Gasteiger partial charge is 0.306 e. The minimum Gasteiger partial charge on any atom is -0.306 e. The van der Waals surface area contributed by atoms with Crippen molar-refractivity contribution in [2.45, 2.75) is 0 Å². The minimum absolute atomic E-state index is 0.623. The Hall–Kier alpha value is -2.66. The van der Waals surface area contributed by atoms with Gasteiger partial charge in [-0.15, -0.1) is 0 Å². The molecule has 1 aromatic carbocycles. The van der Waals surface area contributed by atoms with Crippen LogP contribution in [0.15, 0.2) is 54.9 Å². The second kappa shape index (κ2) is 4.91. The molecule has 5 heteroatoms. The fraction of sp³-hybridized carbons (Fsp3) is 0. The van der Waals surface area contributed by atoms with E-state index < -0.39 is 0 Å². The molecule has 3 rings (SSSR count). The molecule has 0 aliphatic rings. The number of nitrogens with two attached hydrogens (primary N) is 1. The molecule has 19 heavy (non-hydrogen) atoms. The van der Waals surface area contributed by atoms with Crippen LogP contribution in [0.3, 0.4) is 0 Å². The average Bonchev–Trinajstić information content (AvgIpc) is 2.93. The molecule has 0 fully saturated rings. The molecule has 0 spiro atoms. The Morgan fingerprint density at radius 2 is 1.68 bits per heavy atom. The van der Waals surface area contributed by atoms with E-state index in [2.05, 4.69) is 20.6 Å². The predicted octanol–water partition coefficient (Wildman–Crippen LogP) is 2.42. The van der Waals surface area contributed by atoms with Crippen LogP contribution in [0, 0.1) is 0 Å². The van der Waals surface area contributed by atoms with E-state index in [1.54, 1.807) is 12.4 Å². The Balaban J connectivity index is 2.20. The lowest BCUT2D eigenvalue weighted by Crippen LogP contribution is -2.08. The summed E-state index contributed by atoms with van der Waals surface area (Å²) in [5, 5.41) is 7.23. The first-order chi connectivity index (χ1) is 9.40. The lowest BCUT2D eigenvalue weighted by Gasteiger charge is -2.05. The van der Waals surface area contributed by atoms with Crippen molar-refractivity contribution in [3.63, 3.8) is 0 Å². The molecule has 5 nitrogen and oxygen atoms in total. The Morgan fingerprint density at radius 3 is 2.37 bits per heavy atom. The molecule has 0 atom stereocenters. The summed E-state index contributed by atoms with van der Waals surface area (Å²) in [5.74, 6) is 6.16. The van der Waals surface area contributed by atoms with Gasteiger partial charge in [-0.3, -0.25) is 10.1 Å². The van der Waals surface area contributed by atoms with Gasteiger partial charge in [0.1, 0.15) is 0 Å². The molecule has 0 aliphatic carbocycles. The number of nitrogens with one attached hydrogen (secondary N) is 2. The van der Waals surface area contributed by atoms with Crippen molar-refractivity contribution < 1.29 is 0 Å². The maximum absolute atomic E-state index is 5.53. The number of anilines is 1. The summed E-state index contributed by atoms with van der Waals surface area (Å²) in [5.41, 5.74) is 6.57. The molecule has 0 unspecified atom stereocenters. The van der Waals surface area contributed by atoms with E-state index in [0.29, 0.717) is 5.82 Å². The molecule has 0 amide bonds. The minimum atomic E-state index is 0.623. The normalized spacial score (nSPS) is 10.4. The van der Waals surface area contributed by atoms with Crippen molar-refractivity contribution >= 4 is 5.82 Å². The number of pyridine rings is 1. The zero-order valence-corrected chi connectivity index (χ0v) is 10.2. The van der Waals surface area contributed by atoms with Gasteiger partial charge in [-0.2, -0.15) is 5.10 Å². The van der Waals surface area contributed by atoms with Gasteiger partial charge < -0.3 is 5.43 Å². The zero-order chi connectivity index (χ0) is 13.1. The molecular formula is C14H13N5. The lowest BCUT2D eigenvalue weighted by molar-refractivity contribution is 1.08. The van der Waals surface area contributed by atoms with Crippen LogP contribution in [0.5, 0.6) is 0 Å². The number of aromatic nitrogens is 3. The molecule has 2 heterocycles. The first-order valence-corrected chi connectivity index (χ1v) is 5.91. The standard InChI is InChI=1S/C14H13N5/c15-17-14-12(10-4-2-1-3-5-10)13(18-19-14)11-6-8-16-9-7-11/h1-9H,15H2,(H2,17,18,19). The van der Waals surface area contributed by atoms with E-state index >= 15 is 0 Å². The van der Waals surface area contributed by atoms with Crippen LogP contribution in [-0.4, -0.2) is 15.2 Å². The van der Waals surface area contributed by atoms with Gasteiger partial charge in [0.25, 0.3) is 0 Å². The number of H-pyrrole nitrogens is 1. The third-order valence-corrected chi connectivity index (χ3v) is 2.93. The third kappa shape index (κ3) is 2.07. The summed E-state index contributed by atoms with van der Waals surface area (Å²) in [6.07, 6.45) is 3.50. The summed E-state index contributed by atoms with van der Waals surface area (Å²) in [6, 6.07) is 13.9. The molecule has 0 saturated carbocycles. The van der Waals surface area contributed by atoms with Crippen LogP contribution in [-0.2, 0) is 0 Å². The number of nitrogens with zero attached hydrogens (tertiary/aromatic N) is 2. The van der Waals surface area contributed by atoms with E-state index in [9.17, 15) is 0 Å². The number of hydrogen-bond acceptors (Lipinski definition) is 4. The molecule has 0 bridgehead atoms. The van der Waals surface area contributed by atoms with Crippen LogP contribution < -0.4 is 11.3 Å². The lowest BCUT2D eigenvalue weighted by atomic mass is 10.0. The Morgan fingerprint density at radius 1 is 0.947 bits per heavy atom. The number of hydrogen-bond donors (Lipinski definition) is 3. The highest BCUT2D eigenvalue weighted by Gasteiger charge is 2.15. The summed E-state index contributed by atoms with van der Waals surface area (Å²) >= 11 is 0. The summed E-state index contributed by atoms with van der Waals surface area (Å²) in [4.78, 5) is 4.03. The van der Waals surface area contributed by atoms with E-state index in [0.717, 1.165) is 22.4 Å². The number of rotatable bonds is 3. The van der Waals surface area contributed by atoms with Gasteiger partial charge in [0.2, 0.25) is 0 Å². The second-order valence-corrected chi connectivity index (χ2v) is 4.07. The van der Waals surface area contributed by atoms with Gasteiger partial charge >= 0.3 is 0 Å². The van der Waals surface area contributed by atoms with Crippen LogP contribution in [0.4, 0.5) is 5.82 Å². The smallest absolute Gasteiger partial charge is 0.170 e. The van der Waals surface area contributed by atoms with Crippen molar-refractivity contribution in [2.24, 2.45) is 5.84 Å². The van der Waals surface area contributed by atoms with Gasteiger partial charge in [-0.05, 0) is 17.7 Å². The number of hydrazine groups is 1. The number of benzene rings is 1. The summed E-state index contributed by atoms with van der Waals surface area (Å²) in [7, 11) is 0. The Labute approximate surface area is 110 Å².